The number of aromatic nitrogens is 1. The summed E-state index contributed by atoms with van der Waals surface area (Å²) in [5, 5.41) is 12.2. The third-order valence-electron chi connectivity index (χ3n) is 2.26. The molecular formula is C12H17N3O. The molecule has 0 amide bonds. The number of pyridine rings is 1. The maximum atomic E-state index is 8.89. The van der Waals surface area contributed by atoms with E-state index in [1.54, 1.807) is 13.3 Å². The second kappa shape index (κ2) is 5.59. The number of nitrogens with one attached hydrogen (secondary N) is 1. The van der Waals surface area contributed by atoms with Crippen molar-refractivity contribution in [3.63, 3.8) is 0 Å². The van der Waals surface area contributed by atoms with E-state index in [-0.39, 0.29) is 5.54 Å². The predicted molar refractivity (Wildman–Crippen MR) is 61.7 cm³/mol. The van der Waals surface area contributed by atoms with Gasteiger partial charge in [0.05, 0.1) is 6.61 Å². The summed E-state index contributed by atoms with van der Waals surface area (Å²) < 4.78 is 5.11. The lowest BCUT2D eigenvalue weighted by Crippen LogP contribution is -2.42. The van der Waals surface area contributed by atoms with Crippen molar-refractivity contribution < 1.29 is 4.74 Å². The minimum Gasteiger partial charge on any atom is -0.383 e. The average Bonchev–Trinajstić information content (AvgIpc) is 2.27. The van der Waals surface area contributed by atoms with Crippen molar-refractivity contribution in [3.05, 3.63) is 29.6 Å². The molecule has 0 saturated heterocycles. The molecule has 1 aromatic rings. The summed E-state index contributed by atoms with van der Waals surface area (Å²) in [7, 11) is 1.67. The Bertz CT molecular complexity index is 382. The summed E-state index contributed by atoms with van der Waals surface area (Å²) in [6, 6.07) is 5.82. The molecule has 1 rings (SSSR count). The van der Waals surface area contributed by atoms with Crippen LogP contribution in [-0.2, 0) is 11.3 Å². The van der Waals surface area contributed by atoms with Crippen molar-refractivity contribution in [1.29, 1.82) is 5.26 Å². The zero-order valence-corrected chi connectivity index (χ0v) is 9.95. The Morgan fingerprint density at radius 3 is 2.94 bits per heavy atom. The van der Waals surface area contributed by atoms with Crippen molar-refractivity contribution in [2.45, 2.75) is 25.9 Å². The van der Waals surface area contributed by atoms with Gasteiger partial charge in [-0.2, -0.15) is 5.26 Å². The molecule has 1 N–H and O–H groups in total. The molecule has 0 bridgehead atoms. The van der Waals surface area contributed by atoms with E-state index in [1.165, 1.54) is 0 Å². The van der Waals surface area contributed by atoms with Crippen molar-refractivity contribution in [3.8, 4) is 6.07 Å². The highest BCUT2D eigenvalue weighted by Crippen LogP contribution is 2.08. The smallest absolute Gasteiger partial charge is 0.144 e. The summed E-state index contributed by atoms with van der Waals surface area (Å²) in [6.45, 7) is 5.35. The number of ether oxygens (including phenoxy) is 1. The van der Waals surface area contributed by atoms with E-state index in [0.29, 0.717) is 18.8 Å². The van der Waals surface area contributed by atoms with Crippen LogP contribution < -0.4 is 5.32 Å². The van der Waals surface area contributed by atoms with Crippen molar-refractivity contribution >= 4 is 0 Å². The number of hydrogen-bond acceptors (Lipinski definition) is 4. The summed E-state index contributed by atoms with van der Waals surface area (Å²) in [6.07, 6.45) is 1.63. The molecule has 0 aliphatic rings. The predicted octanol–water partition coefficient (Wildman–Crippen LogP) is 1.47. The standard InChI is InChI=1S/C12H17N3O/c1-12(2,9-16-3)15-8-10-5-4-6-14-11(10)7-13/h4-6,15H,8-9H2,1-3H3. The van der Waals surface area contributed by atoms with Crippen molar-refractivity contribution in [2.75, 3.05) is 13.7 Å². The molecule has 0 spiro atoms. The lowest BCUT2D eigenvalue weighted by molar-refractivity contribution is 0.127. The second-order valence-corrected chi connectivity index (χ2v) is 4.29. The van der Waals surface area contributed by atoms with Crippen LogP contribution in [0.3, 0.4) is 0 Å². The molecule has 0 aliphatic heterocycles. The molecule has 0 saturated carbocycles. The van der Waals surface area contributed by atoms with Crippen LogP contribution in [0.1, 0.15) is 25.1 Å². The Morgan fingerprint density at radius 2 is 2.31 bits per heavy atom. The van der Waals surface area contributed by atoms with E-state index in [2.05, 4.69) is 30.2 Å². The fraction of sp³-hybridized carbons (Fsp3) is 0.500. The highest BCUT2D eigenvalue weighted by molar-refractivity contribution is 5.30. The quantitative estimate of drug-likeness (QED) is 0.814. The van der Waals surface area contributed by atoms with Gasteiger partial charge in [0.25, 0.3) is 0 Å². The summed E-state index contributed by atoms with van der Waals surface area (Å²) in [5.41, 5.74) is 1.27. The van der Waals surface area contributed by atoms with Crippen LogP contribution in [0, 0.1) is 11.3 Å². The highest BCUT2D eigenvalue weighted by atomic mass is 16.5. The van der Waals surface area contributed by atoms with E-state index in [4.69, 9.17) is 10.00 Å². The zero-order valence-electron chi connectivity index (χ0n) is 9.95. The first-order valence-electron chi connectivity index (χ1n) is 5.17. The van der Waals surface area contributed by atoms with Gasteiger partial charge in [-0.25, -0.2) is 4.98 Å². The Balaban J connectivity index is 2.65. The van der Waals surface area contributed by atoms with Crippen LogP contribution >= 0.6 is 0 Å². The van der Waals surface area contributed by atoms with E-state index in [9.17, 15) is 0 Å². The molecular weight excluding hydrogens is 202 g/mol. The van der Waals surface area contributed by atoms with E-state index in [0.717, 1.165) is 5.56 Å². The number of nitriles is 1. The first-order valence-corrected chi connectivity index (χ1v) is 5.17. The van der Waals surface area contributed by atoms with Gasteiger partial charge in [0, 0.05) is 31.0 Å². The molecule has 0 radical (unpaired) electrons. The monoisotopic (exact) mass is 219 g/mol. The van der Waals surface area contributed by atoms with E-state index >= 15 is 0 Å². The van der Waals surface area contributed by atoms with Gasteiger partial charge in [0.1, 0.15) is 11.8 Å². The van der Waals surface area contributed by atoms with E-state index in [1.807, 2.05) is 12.1 Å². The van der Waals surface area contributed by atoms with Crippen LogP contribution in [0.5, 0.6) is 0 Å². The molecule has 0 aliphatic carbocycles. The maximum absolute atomic E-state index is 8.89. The number of nitrogens with zero attached hydrogens (tertiary/aromatic N) is 2. The number of methoxy groups -OCH3 is 1. The normalized spacial score (nSPS) is 11.1. The molecule has 1 aromatic heterocycles. The topological polar surface area (TPSA) is 57.9 Å². The largest absolute Gasteiger partial charge is 0.383 e. The zero-order chi connectivity index (χ0) is 12.0. The van der Waals surface area contributed by atoms with Crippen molar-refractivity contribution in [2.24, 2.45) is 0 Å². The lowest BCUT2D eigenvalue weighted by Gasteiger charge is -2.25. The average molecular weight is 219 g/mol. The molecule has 0 unspecified atom stereocenters. The van der Waals surface area contributed by atoms with Crippen LogP contribution in [0.2, 0.25) is 0 Å². The van der Waals surface area contributed by atoms with Crippen LogP contribution in [0.15, 0.2) is 18.3 Å². The molecule has 0 aromatic carbocycles. The molecule has 0 fully saturated rings. The van der Waals surface area contributed by atoms with Gasteiger partial charge in [-0.1, -0.05) is 6.07 Å². The van der Waals surface area contributed by atoms with E-state index < -0.39 is 0 Å². The van der Waals surface area contributed by atoms with Gasteiger partial charge in [-0.05, 0) is 19.9 Å². The lowest BCUT2D eigenvalue weighted by atomic mass is 10.1. The maximum Gasteiger partial charge on any atom is 0.144 e. The minimum atomic E-state index is -0.114. The summed E-state index contributed by atoms with van der Waals surface area (Å²) >= 11 is 0. The summed E-state index contributed by atoms with van der Waals surface area (Å²) in [4.78, 5) is 4.01. The van der Waals surface area contributed by atoms with Gasteiger partial charge in [0.2, 0.25) is 0 Å². The Labute approximate surface area is 96.3 Å². The van der Waals surface area contributed by atoms with Gasteiger partial charge >= 0.3 is 0 Å². The first kappa shape index (κ1) is 12.6. The molecule has 1 heterocycles. The van der Waals surface area contributed by atoms with Gasteiger partial charge in [-0.3, -0.25) is 0 Å². The SMILES string of the molecule is COCC(C)(C)NCc1cccnc1C#N. The molecule has 4 nitrogen and oxygen atoms in total. The van der Waals surface area contributed by atoms with Gasteiger partial charge < -0.3 is 10.1 Å². The fourth-order valence-corrected chi connectivity index (χ4v) is 1.43. The minimum absolute atomic E-state index is 0.114. The van der Waals surface area contributed by atoms with Crippen LogP contribution in [0.4, 0.5) is 0 Å². The molecule has 4 heteroatoms. The number of rotatable bonds is 5. The highest BCUT2D eigenvalue weighted by Gasteiger charge is 2.16. The third-order valence-corrected chi connectivity index (χ3v) is 2.26. The Morgan fingerprint density at radius 1 is 1.56 bits per heavy atom. The molecule has 16 heavy (non-hydrogen) atoms. The Hall–Kier alpha value is -1.44. The first-order chi connectivity index (χ1) is 7.59. The third kappa shape index (κ3) is 3.61. The van der Waals surface area contributed by atoms with Gasteiger partial charge in [-0.15, -0.1) is 0 Å². The molecule has 86 valence electrons. The van der Waals surface area contributed by atoms with Crippen molar-refractivity contribution in [1.82, 2.24) is 10.3 Å². The summed E-state index contributed by atoms with van der Waals surface area (Å²) in [5.74, 6) is 0. The van der Waals surface area contributed by atoms with Gasteiger partial charge in [0.15, 0.2) is 0 Å². The Kier molecular flexibility index (Phi) is 4.41. The van der Waals surface area contributed by atoms with Crippen LogP contribution in [-0.4, -0.2) is 24.2 Å². The fourth-order valence-electron chi connectivity index (χ4n) is 1.43. The second-order valence-electron chi connectivity index (χ2n) is 4.29. The van der Waals surface area contributed by atoms with Crippen LogP contribution in [0.25, 0.3) is 0 Å². The molecule has 0 atom stereocenters. The number of hydrogen-bond donors (Lipinski definition) is 1.